The molecule has 0 amide bonds. The Kier molecular flexibility index (Phi) is 6.12. The lowest BCUT2D eigenvalue weighted by Crippen LogP contribution is -2.51. The Bertz CT molecular complexity index is 707. The third kappa shape index (κ3) is 4.34. The van der Waals surface area contributed by atoms with E-state index in [1.807, 2.05) is 31.3 Å². The van der Waals surface area contributed by atoms with Crippen molar-refractivity contribution in [2.45, 2.75) is 44.1 Å². The first-order valence-corrected chi connectivity index (χ1v) is 9.01. The first-order chi connectivity index (χ1) is 12.6. The van der Waals surface area contributed by atoms with E-state index < -0.39 is 6.10 Å². The van der Waals surface area contributed by atoms with E-state index in [1.54, 1.807) is 19.2 Å². The normalized spacial score (nSPS) is 23.0. The number of benzene rings is 2. The van der Waals surface area contributed by atoms with Crippen LogP contribution in [0.5, 0.6) is 11.5 Å². The van der Waals surface area contributed by atoms with E-state index in [9.17, 15) is 9.50 Å². The predicted molar refractivity (Wildman–Crippen MR) is 98.9 cm³/mol. The monoisotopic (exact) mass is 359 g/mol. The molecule has 4 nitrogen and oxygen atoms in total. The van der Waals surface area contributed by atoms with Crippen molar-refractivity contribution in [2.75, 3.05) is 14.2 Å². The Morgan fingerprint density at radius 2 is 1.85 bits per heavy atom. The van der Waals surface area contributed by atoms with E-state index in [-0.39, 0.29) is 18.0 Å². The molecule has 26 heavy (non-hydrogen) atoms. The van der Waals surface area contributed by atoms with Crippen molar-refractivity contribution in [3.05, 3.63) is 59.9 Å². The summed E-state index contributed by atoms with van der Waals surface area (Å²) in [6.45, 7) is 0.689. The molecule has 2 aromatic carbocycles. The number of methoxy groups -OCH3 is 1. The quantitative estimate of drug-likeness (QED) is 0.855. The predicted octanol–water partition coefficient (Wildman–Crippen LogP) is 3.63. The van der Waals surface area contributed by atoms with Gasteiger partial charge in [0.1, 0.15) is 29.5 Å². The van der Waals surface area contributed by atoms with Crippen molar-refractivity contribution < 1.29 is 19.0 Å². The first kappa shape index (κ1) is 18.7. The SMILES string of the molecule is COc1ccccc1CN(C)[C@H]1CCC[C@@H](Oc2ccc(F)cc2)[C@@H]1O. The van der Waals surface area contributed by atoms with Gasteiger partial charge in [-0.25, -0.2) is 4.39 Å². The highest BCUT2D eigenvalue weighted by Crippen LogP contribution is 2.29. The van der Waals surface area contributed by atoms with Crippen molar-refractivity contribution in [1.29, 1.82) is 0 Å². The third-order valence-electron chi connectivity index (χ3n) is 5.04. The Morgan fingerprint density at radius 3 is 2.58 bits per heavy atom. The van der Waals surface area contributed by atoms with Crippen molar-refractivity contribution in [2.24, 2.45) is 0 Å². The van der Waals surface area contributed by atoms with Gasteiger partial charge in [-0.15, -0.1) is 0 Å². The van der Waals surface area contributed by atoms with Crippen LogP contribution in [0, 0.1) is 5.82 Å². The maximum Gasteiger partial charge on any atom is 0.126 e. The summed E-state index contributed by atoms with van der Waals surface area (Å²) in [5.74, 6) is 1.14. The maximum absolute atomic E-state index is 13.1. The van der Waals surface area contributed by atoms with Crippen LogP contribution in [-0.2, 0) is 6.54 Å². The molecule has 1 N–H and O–H groups in total. The van der Waals surface area contributed by atoms with Crippen LogP contribution in [0.2, 0.25) is 0 Å². The summed E-state index contributed by atoms with van der Waals surface area (Å²) in [6, 6.07) is 13.9. The van der Waals surface area contributed by atoms with Crippen molar-refractivity contribution in [3.63, 3.8) is 0 Å². The van der Waals surface area contributed by atoms with Crippen LogP contribution in [0.1, 0.15) is 24.8 Å². The van der Waals surface area contributed by atoms with E-state index >= 15 is 0 Å². The van der Waals surface area contributed by atoms with Gasteiger partial charge in [-0.2, -0.15) is 0 Å². The number of likely N-dealkylation sites (N-methyl/N-ethyl adjacent to an activating group) is 1. The highest BCUT2D eigenvalue weighted by atomic mass is 19.1. The largest absolute Gasteiger partial charge is 0.496 e. The van der Waals surface area contributed by atoms with Crippen LogP contribution in [-0.4, -0.2) is 42.4 Å². The van der Waals surface area contributed by atoms with E-state index in [2.05, 4.69) is 4.90 Å². The summed E-state index contributed by atoms with van der Waals surface area (Å²) < 4.78 is 24.4. The molecule has 0 aromatic heterocycles. The summed E-state index contributed by atoms with van der Waals surface area (Å²) in [4.78, 5) is 2.16. The van der Waals surface area contributed by atoms with Crippen LogP contribution < -0.4 is 9.47 Å². The molecule has 1 fully saturated rings. The van der Waals surface area contributed by atoms with Gasteiger partial charge in [0.25, 0.3) is 0 Å². The van der Waals surface area contributed by atoms with Crippen molar-refractivity contribution in [1.82, 2.24) is 4.90 Å². The van der Waals surface area contributed by atoms with Gasteiger partial charge < -0.3 is 14.6 Å². The summed E-state index contributed by atoms with van der Waals surface area (Å²) >= 11 is 0. The van der Waals surface area contributed by atoms with E-state index in [1.165, 1.54) is 12.1 Å². The zero-order valence-corrected chi connectivity index (χ0v) is 15.3. The van der Waals surface area contributed by atoms with Crippen LogP contribution in [0.25, 0.3) is 0 Å². The number of hydrogen-bond donors (Lipinski definition) is 1. The number of hydrogen-bond acceptors (Lipinski definition) is 4. The van der Waals surface area contributed by atoms with Crippen molar-refractivity contribution >= 4 is 0 Å². The lowest BCUT2D eigenvalue weighted by atomic mass is 9.88. The Labute approximate surface area is 154 Å². The topological polar surface area (TPSA) is 41.9 Å². The molecule has 3 atom stereocenters. The molecule has 0 saturated heterocycles. The minimum Gasteiger partial charge on any atom is -0.496 e. The zero-order valence-electron chi connectivity index (χ0n) is 15.3. The third-order valence-corrected chi connectivity index (χ3v) is 5.04. The molecule has 1 aliphatic carbocycles. The van der Waals surface area contributed by atoms with Crippen LogP contribution >= 0.6 is 0 Å². The van der Waals surface area contributed by atoms with Gasteiger partial charge in [-0.3, -0.25) is 4.90 Å². The molecule has 0 heterocycles. The van der Waals surface area contributed by atoms with Gasteiger partial charge in [0.15, 0.2) is 0 Å². The van der Waals surface area contributed by atoms with Crippen LogP contribution in [0.15, 0.2) is 48.5 Å². The highest BCUT2D eigenvalue weighted by molar-refractivity contribution is 5.33. The number of nitrogens with zero attached hydrogens (tertiary/aromatic N) is 1. The lowest BCUT2D eigenvalue weighted by Gasteiger charge is -2.39. The molecule has 5 heteroatoms. The molecular weight excluding hydrogens is 333 g/mol. The smallest absolute Gasteiger partial charge is 0.126 e. The summed E-state index contributed by atoms with van der Waals surface area (Å²) in [5, 5.41) is 10.8. The average molecular weight is 359 g/mol. The molecular formula is C21H26FNO3. The molecule has 0 bridgehead atoms. The fourth-order valence-corrected chi connectivity index (χ4v) is 3.63. The molecule has 0 unspecified atom stereocenters. The van der Waals surface area contributed by atoms with E-state index in [4.69, 9.17) is 9.47 Å². The van der Waals surface area contributed by atoms with Gasteiger partial charge in [0.2, 0.25) is 0 Å². The zero-order chi connectivity index (χ0) is 18.5. The van der Waals surface area contributed by atoms with E-state index in [0.717, 1.165) is 30.6 Å². The molecule has 2 aromatic rings. The first-order valence-electron chi connectivity index (χ1n) is 9.01. The molecule has 1 saturated carbocycles. The second-order valence-corrected chi connectivity index (χ2v) is 6.83. The number of para-hydroxylation sites is 1. The molecule has 0 aliphatic heterocycles. The van der Waals surface area contributed by atoms with Gasteiger partial charge in [-0.1, -0.05) is 18.2 Å². The number of halogens is 1. The molecule has 0 radical (unpaired) electrons. The van der Waals surface area contributed by atoms with Gasteiger partial charge in [0.05, 0.1) is 7.11 Å². The standard InChI is InChI=1S/C21H26FNO3/c1-23(14-15-6-3-4-8-19(15)25-2)18-7-5-9-20(21(18)24)26-17-12-10-16(22)11-13-17/h3-4,6,8,10-13,18,20-21,24H,5,7,9,14H2,1-2H3/t18-,20+,21+/m0/s1. The number of rotatable bonds is 6. The van der Waals surface area contributed by atoms with Crippen molar-refractivity contribution in [3.8, 4) is 11.5 Å². The molecule has 3 rings (SSSR count). The number of ether oxygens (including phenoxy) is 2. The van der Waals surface area contributed by atoms with Gasteiger partial charge >= 0.3 is 0 Å². The summed E-state index contributed by atoms with van der Waals surface area (Å²) in [5.41, 5.74) is 1.09. The second-order valence-electron chi connectivity index (χ2n) is 6.83. The molecule has 1 aliphatic rings. The fraction of sp³-hybridized carbons (Fsp3) is 0.429. The second kappa shape index (κ2) is 8.52. The summed E-state index contributed by atoms with van der Waals surface area (Å²) in [6.07, 6.45) is 1.78. The Morgan fingerprint density at radius 1 is 1.12 bits per heavy atom. The minimum atomic E-state index is -0.603. The number of aliphatic hydroxyl groups excluding tert-OH is 1. The van der Waals surface area contributed by atoms with Gasteiger partial charge in [0, 0.05) is 18.2 Å². The van der Waals surface area contributed by atoms with Crippen LogP contribution in [0.4, 0.5) is 4.39 Å². The lowest BCUT2D eigenvalue weighted by molar-refractivity contribution is -0.0492. The maximum atomic E-state index is 13.1. The summed E-state index contributed by atoms with van der Waals surface area (Å²) in [7, 11) is 3.68. The Hall–Kier alpha value is -2.11. The minimum absolute atomic E-state index is 0.000824. The highest BCUT2D eigenvalue weighted by Gasteiger charge is 2.35. The molecule has 0 spiro atoms. The Balaban J connectivity index is 1.66. The van der Waals surface area contributed by atoms with Gasteiger partial charge in [-0.05, 0) is 56.6 Å². The van der Waals surface area contributed by atoms with E-state index in [0.29, 0.717) is 12.3 Å². The fourth-order valence-electron chi connectivity index (χ4n) is 3.63. The average Bonchev–Trinajstić information content (AvgIpc) is 2.65. The van der Waals surface area contributed by atoms with Crippen LogP contribution in [0.3, 0.4) is 0 Å². The number of aliphatic hydroxyl groups is 1. The molecule has 140 valence electrons.